The highest BCUT2D eigenvalue weighted by atomic mass is 35.5. The van der Waals surface area contributed by atoms with Crippen molar-refractivity contribution in [1.82, 2.24) is 4.98 Å². The predicted octanol–water partition coefficient (Wildman–Crippen LogP) is 3.17. The number of carboxylic acid groups (broad SMARTS) is 1. The van der Waals surface area contributed by atoms with Crippen molar-refractivity contribution in [3.63, 3.8) is 0 Å². The van der Waals surface area contributed by atoms with E-state index in [4.69, 9.17) is 16.7 Å². The van der Waals surface area contributed by atoms with Crippen LogP contribution in [-0.2, 0) is 4.79 Å². The molecular weight excluding hydrogens is 318 g/mol. The van der Waals surface area contributed by atoms with Gasteiger partial charge < -0.3 is 10.1 Å². The van der Waals surface area contributed by atoms with Crippen LogP contribution in [0.4, 0.5) is 5.69 Å². The van der Waals surface area contributed by atoms with Gasteiger partial charge >= 0.3 is 5.97 Å². The van der Waals surface area contributed by atoms with Crippen LogP contribution >= 0.6 is 11.6 Å². The van der Waals surface area contributed by atoms with Crippen molar-refractivity contribution in [2.24, 2.45) is 5.10 Å². The number of benzene rings is 1. The van der Waals surface area contributed by atoms with Crippen molar-refractivity contribution in [1.29, 1.82) is 0 Å². The molecule has 0 unspecified atom stereocenters. The van der Waals surface area contributed by atoms with Gasteiger partial charge in [-0.3, -0.25) is 4.79 Å². The number of hydrogen-bond acceptors (Lipinski definition) is 3. The molecule has 0 saturated heterocycles. The second kappa shape index (κ2) is 5.73. The van der Waals surface area contributed by atoms with Crippen LogP contribution in [-0.4, -0.2) is 27.7 Å². The number of aromatic amines is 1. The van der Waals surface area contributed by atoms with Crippen molar-refractivity contribution in [2.75, 3.05) is 5.01 Å². The van der Waals surface area contributed by atoms with E-state index in [-0.39, 0.29) is 16.5 Å². The topological polar surface area (TPSA) is 85.8 Å². The van der Waals surface area contributed by atoms with Gasteiger partial charge in [-0.2, -0.15) is 10.1 Å². The molecule has 2 heterocycles. The molecule has 0 bridgehead atoms. The minimum atomic E-state index is -1.16. The second-order valence-electron chi connectivity index (χ2n) is 4.96. The maximum atomic E-state index is 12.6. The van der Waals surface area contributed by atoms with Crippen molar-refractivity contribution in [2.45, 2.75) is 6.92 Å². The van der Waals surface area contributed by atoms with Gasteiger partial charge in [-0.1, -0.05) is 11.6 Å². The number of carboxylic acids is 1. The van der Waals surface area contributed by atoms with Crippen LogP contribution < -0.4 is 5.01 Å². The van der Waals surface area contributed by atoms with Crippen LogP contribution in [0.1, 0.15) is 23.0 Å². The first-order valence-corrected chi connectivity index (χ1v) is 7.13. The summed E-state index contributed by atoms with van der Waals surface area (Å²) in [4.78, 5) is 26.7. The van der Waals surface area contributed by atoms with E-state index in [1.807, 2.05) is 12.1 Å². The number of H-pyrrole nitrogens is 1. The number of rotatable bonds is 3. The zero-order valence-corrected chi connectivity index (χ0v) is 12.8. The highest BCUT2D eigenvalue weighted by Crippen LogP contribution is 2.28. The molecule has 2 aromatic rings. The largest absolute Gasteiger partial charge is 0.478 e. The normalized spacial score (nSPS) is 16.1. The number of halogens is 1. The molecule has 0 fully saturated rings. The lowest BCUT2D eigenvalue weighted by molar-refractivity contribution is -0.114. The zero-order chi connectivity index (χ0) is 16.6. The molecule has 116 valence electrons. The van der Waals surface area contributed by atoms with Crippen LogP contribution in [0.15, 0.2) is 47.2 Å². The number of nitrogens with zero attached hydrogens (tertiary/aromatic N) is 2. The van der Waals surface area contributed by atoms with Gasteiger partial charge in [0.2, 0.25) is 0 Å². The first kappa shape index (κ1) is 15.1. The van der Waals surface area contributed by atoms with Crippen LogP contribution in [0.3, 0.4) is 0 Å². The Labute approximate surface area is 136 Å². The number of hydrazone groups is 1. The summed E-state index contributed by atoms with van der Waals surface area (Å²) in [5.41, 5.74) is 2.06. The molecule has 2 N–H and O–H groups in total. The second-order valence-corrected chi connectivity index (χ2v) is 5.36. The number of amides is 1. The fourth-order valence-electron chi connectivity index (χ4n) is 2.26. The lowest BCUT2D eigenvalue weighted by atomic mass is 10.1. The molecule has 1 amide bonds. The van der Waals surface area contributed by atoms with Gasteiger partial charge in [-0.05, 0) is 43.3 Å². The monoisotopic (exact) mass is 329 g/mol. The average molecular weight is 330 g/mol. The van der Waals surface area contributed by atoms with E-state index in [1.54, 1.807) is 25.3 Å². The quantitative estimate of drug-likeness (QED) is 0.848. The summed E-state index contributed by atoms with van der Waals surface area (Å²) >= 11 is 5.85. The molecule has 0 saturated carbocycles. The third kappa shape index (κ3) is 2.76. The Kier molecular flexibility index (Phi) is 3.75. The number of hydrogen-bond donors (Lipinski definition) is 2. The van der Waals surface area contributed by atoms with Crippen molar-refractivity contribution in [3.8, 4) is 0 Å². The van der Waals surface area contributed by atoms with E-state index in [0.29, 0.717) is 17.0 Å². The summed E-state index contributed by atoms with van der Waals surface area (Å²) in [6, 6.07) is 7.98. The molecular formula is C16H12ClN3O3. The zero-order valence-electron chi connectivity index (χ0n) is 12.1. The summed E-state index contributed by atoms with van der Waals surface area (Å²) in [5.74, 6) is -1.48. The van der Waals surface area contributed by atoms with E-state index in [2.05, 4.69) is 10.1 Å². The third-order valence-electron chi connectivity index (χ3n) is 3.41. The van der Waals surface area contributed by atoms with Crippen LogP contribution in [0, 0.1) is 0 Å². The van der Waals surface area contributed by atoms with Gasteiger partial charge in [0.1, 0.15) is 0 Å². The van der Waals surface area contributed by atoms with E-state index in [1.165, 1.54) is 17.1 Å². The van der Waals surface area contributed by atoms with Crippen molar-refractivity contribution >= 4 is 41.0 Å². The third-order valence-corrected chi connectivity index (χ3v) is 3.74. The van der Waals surface area contributed by atoms with Crippen LogP contribution in [0.5, 0.6) is 0 Å². The Morgan fingerprint density at radius 3 is 2.83 bits per heavy atom. The molecule has 0 radical (unpaired) electrons. The summed E-state index contributed by atoms with van der Waals surface area (Å²) in [5, 5.41) is 14.6. The molecule has 0 aliphatic carbocycles. The van der Waals surface area contributed by atoms with E-state index < -0.39 is 5.97 Å². The standard InChI is InChI=1S/C16H12ClN3O3/c1-9-12(7-10-3-2-6-18-10)15(21)20(19-9)11-4-5-14(17)13(8-11)16(22)23/h2-8,18H,1H3,(H,22,23)/b12-7-. The molecule has 23 heavy (non-hydrogen) atoms. The predicted molar refractivity (Wildman–Crippen MR) is 87.8 cm³/mol. The van der Waals surface area contributed by atoms with Gasteiger partial charge in [0.15, 0.2) is 0 Å². The number of aromatic carboxylic acids is 1. The molecule has 1 aromatic carbocycles. The van der Waals surface area contributed by atoms with Crippen molar-refractivity contribution in [3.05, 3.63) is 58.4 Å². The maximum absolute atomic E-state index is 12.6. The Morgan fingerprint density at radius 2 is 2.17 bits per heavy atom. The molecule has 1 aliphatic rings. The number of nitrogens with one attached hydrogen (secondary N) is 1. The Bertz CT molecular complexity index is 853. The number of carbonyl (C=O) groups excluding carboxylic acids is 1. The maximum Gasteiger partial charge on any atom is 0.337 e. The van der Waals surface area contributed by atoms with Gasteiger partial charge in [-0.25, -0.2) is 4.79 Å². The average Bonchev–Trinajstić information content (AvgIpc) is 3.11. The van der Waals surface area contributed by atoms with Gasteiger partial charge in [0, 0.05) is 11.9 Å². The number of carbonyl (C=O) groups is 2. The molecule has 1 aliphatic heterocycles. The molecule has 0 atom stereocenters. The summed E-state index contributed by atoms with van der Waals surface area (Å²) < 4.78 is 0. The Balaban J connectivity index is 1.98. The van der Waals surface area contributed by atoms with E-state index >= 15 is 0 Å². The number of anilines is 1. The summed E-state index contributed by atoms with van der Waals surface area (Å²) in [6.45, 7) is 1.72. The summed E-state index contributed by atoms with van der Waals surface area (Å²) in [7, 11) is 0. The van der Waals surface area contributed by atoms with Gasteiger partial charge in [-0.15, -0.1) is 0 Å². The molecule has 6 nitrogen and oxygen atoms in total. The van der Waals surface area contributed by atoms with Gasteiger partial charge in [0.25, 0.3) is 5.91 Å². The minimum absolute atomic E-state index is 0.0772. The summed E-state index contributed by atoms with van der Waals surface area (Å²) in [6.07, 6.45) is 3.46. The number of aromatic nitrogens is 1. The Hall–Kier alpha value is -2.86. The first-order valence-electron chi connectivity index (χ1n) is 6.75. The van der Waals surface area contributed by atoms with Crippen molar-refractivity contribution < 1.29 is 14.7 Å². The molecule has 7 heteroatoms. The minimum Gasteiger partial charge on any atom is -0.478 e. The molecule has 1 aromatic heterocycles. The highest BCUT2D eigenvalue weighted by Gasteiger charge is 2.29. The SMILES string of the molecule is CC1=NN(c2ccc(Cl)c(C(=O)O)c2)C(=O)/C1=C\c1ccc[nH]1. The van der Waals surface area contributed by atoms with E-state index in [9.17, 15) is 9.59 Å². The lowest BCUT2D eigenvalue weighted by Gasteiger charge is -2.12. The highest BCUT2D eigenvalue weighted by molar-refractivity contribution is 6.34. The van der Waals surface area contributed by atoms with E-state index in [0.717, 1.165) is 5.69 Å². The van der Waals surface area contributed by atoms with Crippen LogP contribution in [0.25, 0.3) is 6.08 Å². The fraction of sp³-hybridized carbons (Fsp3) is 0.0625. The molecule has 0 spiro atoms. The lowest BCUT2D eigenvalue weighted by Crippen LogP contribution is -2.21. The van der Waals surface area contributed by atoms with Crippen LogP contribution in [0.2, 0.25) is 5.02 Å². The first-order chi connectivity index (χ1) is 11.0. The fourth-order valence-corrected chi connectivity index (χ4v) is 2.46. The molecule has 3 rings (SSSR count). The van der Waals surface area contributed by atoms with Gasteiger partial charge in [0.05, 0.1) is 27.6 Å². The smallest absolute Gasteiger partial charge is 0.337 e. The Morgan fingerprint density at radius 1 is 1.39 bits per heavy atom.